The predicted molar refractivity (Wildman–Crippen MR) is 98.4 cm³/mol. The quantitative estimate of drug-likeness (QED) is 0.738. The van der Waals surface area contributed by atoms with Crippen LogP contribution in [0.2, 0.25) is 5.02 Å². The third-order valence-corrected chi connectivity index (χ3v) is 6.34. The van der Waals surface area contributed by atoms with Gasteiger partial charge in [-0.2, -0.15) is 5.10 Å². The van der Waals surface area contributed by atoms with Crippen LogP contribution in [0, 0.1) is 0 Å². The first-order valence-corrected chi connectivity index (χ1v) is 10.3. The van der Waals surface area contributed by atoms with Crippen molar-refractivity contribution >= 4 is 32.5 Å². The molecule has 0 saturated carbocycles. The molecule has 0 fully saturated rings. The number of fused-ring (bicyclic) bond motifs is 2. The molecule has 4 rings (SSSR count). The lowest BCUT2D eigenvalue weighted by Gasteiger charge is -2.23. The van der Waals surface area contributed by atoms with E-state index in [-0.39, 0.29) is 4.90 Å². The van der Waals surface area contributed by atoms with Crippen molar-refractivity contribution in [3.8, 4) is 0 Å². The topological polar surface area (TPSA) is 89.8 Å². The van der Waals surface area contributed by atoms with Gasteiger partial charge >= 0.3 is 0 Å². The van der Waals surface area contributed by atoms with E-state index in [0.717, 1.165) is 18.8 Å². The van der Waals surface area contributed by atoms with E-state index in [0.29, 0.717) is 34.6 Å². The number of hydrogen-bond donors (Lipinski definition) is 1. The zero-order valence-electron chi connectivity index (χ0n) is 14.2. The van der Waals surface area contributed by atoms with E-state index in [1.165, 1.54) is 6.07 Å². The molecule has 1 atom stereocenters. The van der Waals surface area contributed by atoms with Crippen LogP contribution in [-0.2, 0) is 23.0 Å². The number of aromatic nitrogens is 4. The Hall–Kier alpha value is -2.03. The molecule has 1 aliphatic heterocycles. The van der Waals surface area contributed by atoms with Crippen molar-refractivity contribution in [3.05, 3.63) is 47.1 Å². The number of halogens is 1. The summed E-state index contributed by atoms with van der Waals surface area (Å²) in [6, 6.07) is 6.08. The summed E-state index contributed by atoms with van der Waals surface area (Å²) >= 11 is 6.16. The normalized spacial score (nSPS) is 17.4. The molecular formula is C17H18ClN5O2S. The maximum absolute atomic E-state index is 13.1. The van der Waals surface area contributed by atoms with E-state index in [1.807, 2.05) is 6.92 Å². The summed E-state index contributed by atoms with van der Waals surface area (Å²) in [5, 5.41) is 5.35. The highest BCUT2D eigenvalue weighted by Gasteiger charge is 2.29. The van der Waals surface area contributed by atoms with E-state index >= 15 is 0 Å². The van der Waals surface area contributed by atoms with Crippen molar-refractivity contribution in [2.24, 2.45) is 0 Å². The minimum atomic E-state index is -3.77. The van der Waals surface area contributed by atoms with Gasteiger partial charge in [-0.05, 0) is 37.1 Å². The minimum absolute atomic E-state index is 0.164. The summed E-state index contributed by atoms with van der Waals surface area (Å²) in [5.74, 6) is 1.40. The maximum atomic E-state index is 13.1. The first-order valence-electron chi connectivity index (χ1n) is 8.49. The molecule has 0 spiro atoms. The average Bonchev–Trinajstić information content (AvgIpc) is 3.06. The second-order valence-electron chi connectivity index (χ2n) is 6.22. The van der Waals surface area contributed by atoms with E-state index < -0.39 is 16.1 Å². The highest BCUT2D eigenvalue weighted by Crippen LogP contribution is 2.30. The molecule has 0 unspecified atom stereocenters. The monoisotopic (exact) mass is 391 g/mol. The molecule has 3 heterocycles. The van der Waals surface area contributed by atoms with E-state index in [2.05, 4.69) is 19.8 Å². The molecule has 2 aromatic heterocycles. The highest BCUT2D eigenvalue weighted by molar-refractivity contribution is 7.89. The molecule has 136 valence electrons. The average molecular weight is 392 g/mol. The lowest BCUT2D eigenvalue weighted by atomic mass is 10.1. The molecule has 0 aliphatic carbocycles. The van der Waals surface area contributed by atoms with Gasteiger partial charge in [0.2, 0.25) is 10.0 Å². The Labute approximate surface area is 156 Å². The fourth-order valence-corrected chi connectivity index (χ4v) is 4.90. The van der Waals surface area contributed by atoms with Gasteiger partial charge in [-0.1, -0.05) is 18.5 Å². The van der Waals surface area contributed by atoms with Gasteiger partial charge < -0.3 is 0 Å². The van der Waals surface area contributed by atoms with E-state index in [9.17, 15) is 8.42 Å². The Kier molecular flexibility index (Phi) is 4.42. The summed E-state index contributed by atoms with van der Waals surface area (Å²) < 4.78 is 30.7. The van der Waals surface area contributed by atoms with Gasteiger partial charge in [-0.15, -0.1) is 0 Å². The molecule has 7 nitrogen and oxygen atoms in total. The number of sulfonamides is 1. The maximum Gasteiger partial charge on any atom is 0.241 e. The zero-order chi connectivity index (χ0) is 18.3. The molecule has 1 aliphatic rings. The lowest BCUT2D eigenvalue weighted by Crippen LogP contribution is -2.33. The van der Waals surface area contributed by atoms with E-state index in [1.54, 1.807) is 29.1 Å². The van der Waals surface area contributed by atoms with Gasteiger partial charge in [0.15, 0.2) is 5.82 Å². The largest absolute Gasteiger partial charge is 0.255 e. The Morgan fingerprint density at radius 1 is 1.35 bits per heavy atom. The Balaban J connectivity index is 1.74. The van der Waals surface area contributed by atoms with Crippen molar-refractivity contribution in [2.45, 2.75) is 43.7 Å². The Morgan fingerprint density at radius 2 is 2.19 bits per heavy atom. The molecule has 3 aromatic rings. The standard InChI is InChI=1S/C17H18ClN5O2S/c1-2-15-20-17-13(6-4-10-23(17)21-15)22-26(24,25)14-8-7-12(18)16-11(14)5-3-9-19-16/h3,5,7-9,13,22H,2,4,6,10H2,1H3/t13-/m1/s1. The first kappa shape index (κ1) is 17.4. The summed E-state index contributed by atoms with van der Waals surface area (Å²) in [4.78, 5) is 8.86. The molecule has 0 radical (unpaired) electrons. The number of rotatable bonds is 4. The molecule has 1 aromatic carbocycles. The molecule has 9 heteroatoms. The van der Waals surface area contributed by atoms with Crippen molar-refractivity contribution in [1.82, 2.24) is 24.5 Å². The highest BCUT2D eigenvalue weighted by atomic mass is 35.5. The summed E-state index contributed by atoms with van der Waals surface area (Å²) in [6.45, 7) is 2.74. The predicted octanol–water partition coefficient (Wildman–Crippen LogP) is 2.86. The van der Waals surface area contributed by atoms with Gasteiger partial charge in [-0.3, -0.25) is 4.98 Å². The van der Waals surface area contributed by atoms with E-state index in [4.69, 9.17) is 11.6 Å². The molecule has 0 bridgehead atoms. The molecule has 0 saturated heterocycles. The van der Waals surface area contributed by atoms with Crippen LogP contribution in [0.4, 0.5) is 0 Å². The second-order valence-corrected chi connectivity index (χ2v) is 8.31. The number of hydrogen-bond acceptors (Lipinski definition) is 5. The summed E-state index contributed by atoms with van der Waals surface area (Å²) in [6.07, 6.45) is 3.83. The summed E-state index contributed by atoms with van der Waals surface area (Å²) in [7, 11) is -3.77. The number of nitrogens with zero attached hydrogens (tertiary/aromatic N) is 4. The summed E-state index contributed by atoms with van der Waals surface area (Å²) in [5.41, 5.74) is 0.470. The number of nitrogens with one attached hydrogen (secondary N) is 1. The fourth-order valence-electron chi connectivity index (χ4n) is 3.26. The van der Waals surface area contributed by atoms with Crippen LogP contribution < -0.4 is 4.72 Å². The van der Waals surface area contributed by atoms with Crippen LogP contribution >= 0.6 is 11.6 Å². The van der Waals surface area contributed by atoms with Crippen molar-refractivity contribution in [2.75, 3.05) is 0 Å². The molecule has 26 heavy (non-hydrogen) atoms. The van der Waals surface area contributed by atoms with Crippen LogP contribution in [0.5, 0.6) is 0 Å². The Bertz CT molecular complexity index is 1080. The Morgan fingerprint density at radius 3 is 3.00 bits per heavy atom. The third kappa shape index (κ3) is 2.98. The van der Waals surface area contributed by atoms with Crippen LogP contribution in [0.1, 0.15) is 37.5 Å². The number of aryl methyl sites for hydroxylation is 2. The SMILES string of the molecule is CCc1nc2n(n1)CCC[C@H]2NS(=O)(=O)c1ccc(Cl)c2ncccc12. The van der Waals surface area contributed by atoms with Gasteiger partial charge in [0, 0.05) is 24.5 Å². The lowest BCUT2D eigenvalue weighted by molar-refractivity contribution is 0.399. The van der Waals surface area contributed by atoms with Crippen molar-refractivity contribution in [1.29, 1.82) is 0 Å². The number of benzene rings is 1. The van der Waals surface area contributed by atoms with Crippen LogP contribution in [0.3, 0.4) is 0 Å². The van der Waals surface area contributed by atoms with Crippen molar-refractivity contribution < 1.29 is 8.42 Å². The zero-order valence-corrected chi connectivity index (χ0v) is 15.8. The molecule has 0 amide bonds. The van der Waals surface area contributed by atoms with Gasteiger partial charge in [0.05, 0.1) is 21.5 Å². The van der Waals surface area contributed by atoms with Crippen LogP contribution in [0.15, 0.2) is 35.4 Å². The number of pyridine rings is 1. The smallest absolute Gasteiger partial charge is 0.241 e. The third-order valence-electron chi connectivity index (χ3n) is 4.50. The molecule has 1 N–H and O–H groups in total. The van der Waals surface area contributed by atoms with Crippen LogP contribution in [0.25, 0.3) is 10.9 Å². The second kappa shape index (κ2) is 6.61. The van der Waals surface area contributed by atoms with Gasteiger partial charge in [0.1, 0.15) is 5.82 Å². The van der Waals surface area contributed by atoms with Crippen molar-refractivity contribution in [3.63, 3.8) is 0 Å². The van der Waals surface area contributed by atoms with Gasteiger partial charge in [-0.25, -0.2) is 22.8 Å². The first-order chi connectivity index (χ1) is 12.5. The van der Waals surface area contributed by atoms with Crippen LogP contribution in [-0.4, -0.2) is 28.2 Å². The minimum Gasteiger partial charge on any atom is -0.255 e. The fraction of sp³-hybridized carbons (Fsp3) is 0.353. The van der Waals surface area contributed by atoms with Gasteiger partial charge in [0.25, 0.3) is 0 Å². The molecular weight excluding hydrogens is 374 g/mol.